The number of halogens is 18. The van der Waals surface area contributed by atoms with Crippen LogP contribution in [-0.4, -0.2) is 25.7 Å². The fraction of sp³-hybridized carbons (Fsp3) is 0.143. The van der Waals surface area contributed by atoms with Crippen LogP contribution in [0.5, 0.6) is 0 Å². The molecule has 66 heavy (non-hydrogen) atoms. The monoisotopic (exact) mass is 1000 g/mol. The number of alkyl halides is 18. The van der Waals surface area contributed by atoms with E-state index < -0.39 is 127 Å². The third-order valence-electron chi connectivity index (χ3n) is 10.3. The Morgan fingerprint density at radius 3 is 0.485 bits per heavy atom. The first-order valence-electron chi connectivity index (χ1n) is 18.6. The van der Waals surface area contributed by atoms with Gasteiger partial charge in [0.05, 0.1) is 33.4 Å². The molecule has 1 fully saturated rings. The molecule has 1 heterocycles. The second kappa shape index (κ2) is 16.4. The van der Waals surface area contributed by atoms with E-state index >= 15 is 0 Å². The summed E-state index contributed by atoms with van der Waals surface area (Å²) in [5.74, 6) is 0. The summed E-state index contributed by atoms with van der Waals surface area (Å²) in [6, 6.07) is 13.4. The highest BCUT2D eigenvalue weighted by Gasteiger charge is 2.68. The Morgan fingerprint density at radius 1 is 0.227 bits per heavy atom. The van der Waals surface area contributed by atoms with Gasteiger partial charge in [-0.15, -0.1) is 0 Å². The molecule has 0 amide bonds. The number of hydrogen-bond donors (Lipinski definition) is 0. The molecule has 0 aromatic heterocycles. The third-order valence-corrected chi connectivity index (χ3v) is 23.6. The van der Waals surface area contributed by atoms with Crippen LogP contribution in [0.25, 0.3) is 0 Å². The van der Waals surface area contributed by atoms with Crippen molar-refractivity contribution >= 4 is 56.8 Å². The third kappa shape index (κ3) is 9.30. The van der Waals surface area contributed by atoms with Gasteiger partial charge in [-0.05, 0) is 67.5 Å². The molecule has 0 radical (unpaired) electrons. The fourth-order valence-electron chi connectivity index (χ4n) is 7.28. The van der Waals surface area contributed by atoms with Crippen LogP contribution in [0.3, 0.4) is 0 Å². The average Bonchev–Trinajstić information content (AvgIpc) is 3.24. The van der Waals surface area contributed by atoms with E-state index in [1.165, 1.54) is 0 Å². The van der Waals surface area contributed by atoms with E-state index in [1.807, 2.05) is 0 Å². The maximum Gasteiger partial charge on any atom is 0.416 e. The lowest BCUT2D eigenvalue weighted by molar-refractivity contribution is -0.138. The van der Waals surface area contributed by atoms with Crippen LogP contribution in [0.4, 0.5) is 79.0 Å². The summed E-state index contributed by atoms with van der Waals surface area (Å²) >= 11 is 0. The van der Waals surface area contributed by atoms with Crippen molar-refractivity contribution in [1.29, 1.82) is 0 Å². The van der Waals surface area contributed by atoms with Crippen LogP contribution >= 0.6 is 0 Å². The summed E-state index contributed by atoms with van der Waals surface area (Å²) in [5.41, 5.74) is -9.45. The first-order valence-corrected chi connectivity index (χ1v) is 24.0. The normalized spacial score (nSPS) is 16.8. The fourth-order valence-corrected chi connectivity index (χ4v) is 24.4. The summed E-state index contributed by atoms with van der Waals surface area (Å²) in [6.45, 7) is 0. The Bertz CT molecular complexity index is 2280. The molecule has 0 bridgehead atoms. The van der Waals surface area contributed by atoms with Gasteiger partial charge in [0.15, 0.2) is 0 Å². The Kier molecular flexibility index (Phi) is 12.1. The largest absolute Gasteiger partial charge is 0.416 e. The molecule has 0 unspecified atom stereocenters. The van der Waals surface area contributed by atoms with Crippen molar-refractivity contribution in [3.8, 4) is 0 Å². The maximum atomic E-state index is 14.6. The molecule has 0 N–H and O–H groups in total. The zero-order chi connectivity index (χ0) is 48.5. The van der Waals surface area contributed by atoms with Gasteiger partial charge in [-0.3, -0.25) is 0 Å². The summed E-state index contributed by atoms with van der Waals surface area (Å²) in [6.07, 6.45) is -31.8. The summed E-state index contributed by atoms with van der Waals surface area (Å²) in [5, 5.41) is -5.30. The number of rotatable bonds is 6. The predicted molar refractivity (Wildman–Crippen MR) is 207 cm³/mol. The lowest BCUT2D eigenvalue weighted by atomic mass is 10.2. The van der Waals surface area contributed by atoms with Gasteiger partial charge in [0.2, 0.25) is 0 Å². The van der Waals surface area contributed by atoms with E-state index in [-0.39, 0.29) is 36.4 Å². The molecule has 0 saturated carbocycles. The van der Waals surface area contributed by atoms with E-state index in [1.54, 1.807) is 0 Å². The van der Waals surface area contributed by atoms with Crippen LogP contribution in [0.1, 0.15) is 33.4 Å². The minimum atomic E-state index is -6.04. The highest BCUT2D eigenvalue weighted by molar-refractivity contribution is 7.16. The van der Waals surface area contributed by atoms with E-state index in [0.717, 1.165) is 36.4 Å². The van der Waals surface area contributed by atoms with E-state index in [4.69, 9.17) is 12.3 Å². The van der Waals surface area contributed by atoms with Gasteiger partial charge in [-0.2, -0.15) is 79.0 Å². The van der Waals surface area contributed by atoms with Gasteiger partial charge in [0, 0.05) is 0 Å². The topological polar surface area (TPSA) is 27.7 Å². The quantitative estimate of drug-likeness (QED) is 0.123. The zero-order valence-electron chi connectivity index (χ0n) is 32.4. The van der Waals surface area contributed by atoms with Gasteiger partial charge in [0.1, 0.15) is 0 Å². The Labute approximate surface area is 363 Å². The molecule has 1 aliphatic heterocycles. The highest BCUT2D eigenvalue weighted by Crippen LogP contribution is 2.39. The minimum Gasteiger partial charge on any atom is -0.402 e. The minimum absolute atomic E-state index is 0.284. The van der Waals surface area contributed by atoms with E-state index in [9.17, 15) is 79.0 Å². The highest BCUT2D eigenvalue weighted by atomic mass is 28.5. The van der Waals surface area contributed by atoms with Gasteiger partial charge in [-0.1, -0.05) is 109 Å². The first-order chi connectivity index (χ1) is 30.4. The van der Waals surface area contributed by atoms with Gasteiger partial charge in [-0.25, -0.2) is 0 Å². The number of benzene rings is 6. The summed E-state index contributed by atoms with van der Waals surface area (Å²) < 4.78 is 283. The first kappa shape index (κ1) is 48.5. The molecule has 7 rings (SSSR count). The van der Waals surface area contributed by atoms with Crippen molar-refractivity contribution in [3.63, 3.8) is 0 Å². The van der Waals surface area contributed by atoms with Crippen LogP contribution in [0.15, 0.2) is 146 Å². The molecule has 348 valence electrons. The Hall–Kier alpha value is -5.41. The Morgan fingerprint density at radius 2 is 0.364 bits per heavy atom. The van der Waals surface area contributed by atoms with Crippen molar-refractivity contribution in [2.75, 3.05) is 0 Å². The second-order valence-electron chi connectivity index (χ2n) is 14.6. The molecule has 0 aliphatic carbocycles. The molecular weight excluding hydrogens is 979 g/mol. The van der Waals surface area contributed by atoms with E-state index in [2.05, 4.69) is 0 Å². The van der Waals surface area contributed by atoms with Crippen molar-refractivity contribution in [3.05, 3.63) is 179 Å². The molecule has 6 aromatic carbocycles. The molecule has 3 nitrogen and oxygen atoms in total. The van der Waals surface area contributed by atoms with Crippen LogP contribution in [0.2, 0.25) is 0 Å². The molecule has 1 aliphatic rings. The molecule has 1 saturated heterocycles. The van der Waals surface area contributed by atoms with Crippen LogP contribution < -0.4 is 31.1 Å². The van der Waals surface area contributed by atoms with Gasteiger partial charge < -0.3 is 12.3 Å². The SMILES string of the molecule is FC(F)(F)c1cccc([Si]2(c3cccc(C(F)(F)F)c3)O[Si](c3cccc(C(F)(F)F)c3)(c3cccc(C(F)(F)F)c3)O[Si](c3cccc(C(F)(F)F)c3)(c3cccc(C(F)(F)F)c3)O2)c1. The van der Waals surface area contributed by atoms with Gasteiger partial charge in [0.25, 0.3) is 0 Å². The zero-order valence-corrected chi connectivity index (χ0v) is 35.4. The molecule has 0 atom stereocenters. The lowest BCUT2D eigenvalue weighted by Gasteiger charge is -2.54. The molecular formula is C42H24F18O3Si3. The molecule has 6 aromatic rings. The summed E-state index contributed by atoms with van der Waals surface area (Å²) in [7, 11) is -18.1. The summed E-state index contributed by atoms with van der Waals surface area (Å²) in [4.78, 5) is 0. The Balaban J connectivity index is 1.79. The van der Waals surface area contributed by atoms with Gasteiger partial charge >= 0.3 is 62.7 Å². The average molecular weight is 1000 g/mol. The van der Waals surface area contributed by atoms with Crippen molar-refractivity contribution < 1.29 is 91.4 Å². The van der Waals surface area contributed by atoms with Crippen LogP contribution in [-0.2, 0) is 49.4 Å². The molecule has 24 heteroatoms. The molecule has 0 spiro atoms. The standard InChI is InChI=1S/C42H24F18O3Si3/c43-37(44,45)25-7-1-13-31(19-25)64(32-14-2-8-26(20-32)38(46,47)48)61-65(33-15-3-9-27(21-33)39(49,50)51,34-16-4-10-28(22-34)40(52,53)54)63-66(62-64,35-17-5-11-29(23-35)41(55,56)57)36-18-6-12-30(24-36)42(58,59)60/h1-24H. The maximum absolute atomic E-state index is 14.6. The van der Waals surface area contributed by atoms with E-state index in [0.29, 0.717) is 72.8 Å². The van der Waals surface area contributed by atoms with Crippen molar-refractivity contribution in [2.24, 2.45) is 0 Å². The second-order valence-corrected chi connectivity index (χ2v) is 24.2. The van der Waals surface area contributed by atoms with Crippen LogP contribution in [0, 0.1) is 0 Å². The predicted octanol–water partition coefficient (Wildman–Crippen LogP) is 9.93. The lowest BCUT2D eigenvalue weighted by Crippen LogP contribution is -2.88. The smallest absolute Gasteiger partial charge is 0.402 e. The number of hydrogen-bond acceptors (Lipinski definition) is 3. The van der Waals surface area contributed by atoms with Crippen molar-refractivity contribution in [1.82, 2.24) is 0 Å². The van der Waals surface area contributed by atoms with Crippen molar-refractivity contribution in [2.45, 2.75) is 37.1 Å².